The Balaban J connectivity index is 1.68. The van der Waals surface area contributed by atoms with Gasteiger partial charge in [0.25, 0.3) is 5.91 Å². The van der Waals surface area contributed by atoms with Gasteiger partial charge in [0.15, 0.2) is 0 Å². The first-order chi connectivity index (χ1) is 12.2. The molecule has 1 aromatic heterocycles. The molecular formula is C21H20N2O2. The Kier molecular flexibility index (Phi) is 5.54. The Morgan fingerprint density at radius 3 is 2.08 bits per heavy atom. The molecule has 0 atom stereocenters. The van der Waals surface area contributed by atoms with Crippen LogP contribution in [0.15, 0.2) is 79.0 Å². The van der Waals surface area contributed by atoms with E-state index in [2.05, 4.69) is 10.3 Å². The van der Waals surface area contributed by atoms with Gasteiger partial charge < -0.3 is 10.1 Å². The van der Waals surface area contributed by atoms with E-state index in [0.717, 1.165) is 16.7 Å². The number of rotatable bonds is 6. The molecule has 4 nitrogen and oxygen atoms in total. The lowest BCUT2D eigenvalue weighted by atomic mass is 10.0. The van der Waals surface area contributed by atoms with Crippen LogP contribution in [0.5, 0.6) is 0 Å². The summed E-state index contributed by atoms with van der Waals surface area (Å²) < 4.78 is 5.93. The zero-order valence-corrected chi connectivity index (χ0v) is 14.1. The summed E-state index contributed by atoms with van der Waals surface area (Å²) in [6, 6.07) is 23.4. The van der Waals surface area contributed by atoms with Gasteiger partial charge in [-0.3, -0.25) is 4.79 Å². The molecule has 0 bridgehead atoms. The second kappa shape index (κ2) is 8.22. The highest BCUT2D eigenvalue weighted by Gasteiger charge is 2.16. The molecule has 3 aromatic rings. The van der Waals surface area contributed by atoms with Crippen LogP contribution in [-0.2, 0) is 9.53 Å². The van der Waals surface area contributed by atoms with E-state index in [9.17, 15) is 4.79 Å². The van der Waals surface area contributed by atoms with Crippen LogP contribution in [0.1, 0.15) is 22.8 Å². The number of carbonyl (C=O) groups excluding carboxylic acids is 1. The third kappa shape index (κ3) is 4.75. The van der Waals surface area contributed by atoms with Crippen LogP contribution in [0.3, 0.4) is 0 Å². The quantitative estimate of drug-likeness (QED) is 0.738. The van der Waals surface area contributed by atoms with Crippen molar-refractivity contribution in [1.82, 2.24) is 4.98 Å². The van der Waals surface area contributed by atoms with Crippen LogP contribution in [0.4, 0.5) is 5.82 Å². The number of carbonyl (C=O) groups is 1. The van der Waals surface area contributed by atoms with Crippen LogP contribution >= 0.6 is 0 Å². The van der Waals surface area contributed by atoms with Crippen molar-refractivity contribution in [2.24, 2.45) is 0 Å². The summed E-state index contributed by atoms with van der Waals surface area (Å²) >= 11 is 0. The predicted octanol–water partition coefficient (Wildman–Crippen LogP) is 4.13. The molecule has 1 heterocycles. The molecule has 0 saturated carbocycles. The zero-order chi connectivity index (χ0) is 17.5. The monoisotopic (exact) mass is 332 g/mol. The summed E-state index contributed by atoms with van der Waals surface area (Å²) in [5, 5.41) is 2.75. The van der Waals surface area contributed by atoms with Crippen LogP contribution in [-0.4, -0.2) is 17.5 Å². The minimum absolute atomic E-state index is 0.0516. The van der Waals surface area contributed by atoms with E-state index < -0.39 is 0 Å². The number of nitrogens with one attached hydrogen (secondary N) is 1. The number of amides is 1. The second-order valence-electron chi connectivity index (χ2n) is 5.78. The normalized spacial score (nSPS) is 10.6. The van der Waals surface area contributed by atoms with Gasteiger partial charge in [-0.05, 0) is 29.7 Å². The Labute approximate surface area is 147 Å². The fourth-order valence-electron chi connectivity index (χ4n) is 2.52. The molecule has 0 aliphatic rings. The first kappa shape index (κ1) is 16.9. The largest absolute Gasteiger partial charge is 0.359 e. The Morgan fingerprint density at radius 2 is 1.56 bits per heavy atom. The van der Waals surface area contributed by atoms with E-state index in [1.54, 1.807) is 12.3 Å². The second-order valence-corrected chi connectivity index (χ2v) is 5.78. The Hall–Kier alpha value is -2.98. The zero-order valence-electron chi connectivity index (χ0n) is 14.1. The summed E-state index contributed by atoms with van der Waals surface area (Å²) in [5.41, 5.74) is 3.06. The summed E-state index contributed by atoms with van der Waals surface area (Å²) in [4.78, 5) is 16.4. The number of anilines is 1. The predicted molar refractivity (Wildman–Crippen MR) is 98.3 cm³/mol. The van der Waals surface area contributed by atoms with Gasteiger partial charge >= 0.3 is 0 Å². The molecule has 1 N–H and O–H groups in total. The van der Waals surface area contributed by atoms with Gasteiger partial charge in [-0.15, -0.1) is 0 Å². The van der Waals surface area contributed by atoms with Gasteiger partial charge in [-0.25, -0.2) is 4.98 Å². The smallest absolute Gasteiger partial charge is 0.251 e. The van der Waals surface area contributed by atoms with E-state index in [1.807, 2.05) is 73.7 Å². The van der Waals surface area contributed by atoms with Crippen molar-refractivity contribution < 1.29 is 9.53 Å². The number of hydrogen-bond donors (Lipinski definition) is 1. The lowest BCUT2D eigenvalue weighted by Gasteiger charge is -2.18. The number of pyridine rings is 1. The lowest BCUT2D eigenvalue weighted by Crippen LogP contribution is -2.21. The first-order valence-corrected chi connectivity index (χ1v) is 8.16. The molecule has 4 heteroatoms. The van der Waals surface area contributed by atoms with E-state index >= 15 is 0 Å². The average Bonchev–Trinajstić information content (AvgIpc) is 2.66. The van der Waals surface area contributed by atoms with Crippen molar-refractivity contribution in [2.45, 2.75) is 13.0 Å². The molecule has 3 rings (SSSR count). The van der Waals surface area contributed by atoms with Gasteiger partial charge in [-0.2, -0.15) is 0 Å². The van der Waals surface area contributed by atoms with E-state index in [1.165, 1.54) is 0 Å². The molecule has 0 fully saturated rings. The summed E-state index contributed by atoms with van der Waals surface area (Å²) in [5.74, 6) is 0.295. The van der Waals surface area contributed by atoms with Crippen LogP contribution in [0.2, 0.25) is 0 Å². The van der Waals surface area contributed by atoms with Gasteiger partial charge in [0.1, 0.15) is 18.5 Å². The minimum atomic E-state index is -0.292. The number of aryl methyl sites for hydroxylation is 1. The molecule has 0 unspecified atom stereocenters. The molecule has 1 amide bonds. The third-order valence-electron chi connectivity index (χ3n) is 3.76. The fourth-order valence-corrected chi connectivity index (χ4v) is 2.52. The van der Waals surface area contributed by atoms with Gasteiger partial charge in [-0.1, -0.05) is 66.7 Å². The summed E-state index contributed by atoms with van der Waals surface area (Å²) in [7, 11) is 0. The highest BCUT2D eigenvalue weighted by atomic mass is 16.5. The van der Waals surface area contributed by atoms with Crippen LogP contribution < -0.4 is 5.32 Å². The van der Waals surface area contributed by atoms with Crippen molar-refractivity contribution in [3.63, 3.8) is 0 Å². The van der Waals surface area contributed by atoms with Crippen molar-refractivity contribution in [3.8, 4) is 0 Å². The topological polar surface area (TPSA) is 51.2 Å². The Bertz CT molecular complexity index is 763. The van der Waals surface area contributed by atoms with Crippen molar-refractivity contribution in [3.05, 3.63) is 95.7 Å². The maximum Gasteiger partial charge on any atom is 0.251 e. The van der Waals surface area contributed by atoms with Crippen molar-refractivity contribution >= 4 is 11.7 Å². The molecule has 126 valence electrons. The van der Waals surface area contributed by atoms with Gasteiger partial charge in [0, 0.05) is 6.20 Å². The number of hydrogen-bond acceptors (Lipinski definition) is 3. The third-order valence-corrected chi connectivity index (χ3v) is 3.76. The first-order valence-electron chi connectivity index (χ1n) is 8.16. The van der Waals surface area contributed by atoms with Crippen LogP contribution in [0, 0.1) is 6.92 Å². The lowest BCUT2D eigenvalue weighted by molar-refractivity contribution is -0.121. The number of ether oxygens (including phenoxy) is 1. The van der Waals surface area contributed by atoms with E-state index in [0.29, 0.717) is 5.82 Å². The Morgan fingerprint density at radius 1 is 0.960 bits per heavy atom. The molecule has 0 spiro atoms. The highest BCUT2D eigenvalue weighted by Crippen LogP contribution is 2.25. The molecular weight excluding hydrogens is 312 g/mol. The molecule has 25 heavy (non-hydrogen) atoms. The fraction of sp³-hybridized carbons (Fsp3) is 0.143. The number of aromatic nitrogens is 1. The van der Waals surface area contributed by atoms with Gasteiger partial charge in [0.2, 0.25) is 0 Å². The molecule has 0 radical (unpaired) electrons. The summed E-state index contributed by atoms with van der Waals surface area (Å²) in [6.45, 7) is 1.90. The average molecular weight is 332 g/mol. The maximum absolute atomic E-state index is 12.2. The van der Waals surface area contributed by atoms with Crippen LogP contribution in [0.25, 0.3) is 0 Å². The summed E-state index contributed by atoms with van der Waals surface area (Å²) in [6.07, 6.45) is 1.42. The molecule has 0 aliphatic heterocycles. The molecule has 0 saturated heterocycles. The van der Waals surface area contributed by atoms with E-state index in [-0.39, 0.29) is 18.6 Å². The standard InChI is InChI=1S/C21H20N2O2/c1-16-12-13-19(22-14-16)23-20(24)15-25-21(17-8-4-2-5-9-17)18-10-6-3-7-11-18/h2-14,21H,15H2,1H3,(H,22,23,24). The van der Waals surface area contributed by atoms with Gasteiger partial charge in [0.05, 0.1) is 0 Å². The maximum atomic E-state index is 12.2. The van der Waals surface area contributed by atoms with E-state index in [4.69, 9.17) is 4.74 Å². The number of nitrogens with zero attached hydrogens (tertiary/aromatic N) is 1. The molecule has 0 aliphatic carbocycles. The van der Waals surface area contributed by atoms with Crippen molar-refractivity contribution in [2.75, 3.05) is 11.9 Å². The SMILES string of the molecule is Cc1ccc(NC(=O)COC(c2ccccc2)c2ccccc2)nc1. The number of benzene rings is 2. The minimum Gasteiger partial charge on any atom is -0.359 e. The molecule has 2 aromatic carbocycles. The highest BCUT2D eigenvalue weighted by molar-refractivity contribution is 5.90. The van der Waals surface area contributed by atoms with Crippen molar-refractivity contribution in [1.29, 1.82) is 0 Å².